The van der Waals surface area contributed by atoms with Crippen LogP contribution in [0.4, 0.5) is 5.69 Å². The smallest absolute Gasteiger partial charge is 0.233 e. The highest BCUT2D eigenvalue weighted by molar-refractivity contribution is 6.04. The van der Waals surface area contributed by atoms with Crippen LogP contribution in [0.2, 0.25) is 0 Å². The van der Waals surface area contributed by atoms with E-state index in [1.54, 1.807) is 7.11 Å². The number of hydrogen-bond acceptors (Lipinski definition) is 3. The third-order valence-electron chi connectivity index (χ3n) is 4.23. The van der Waals surface area contributed by atoms with Gasteiger partial charge in [-0.15, -0.1) is 0 Å². The van der Waals surface area contributed by atoms with Gasteiger partial charge in [0.15, 0.2) is 0 Å². The van der Waals surface area contributed by atoms with Gasteiger partial charge in [0.05, 0.1) is 7.11 Å². The Labute approximate surface area is 154 Å². The summed E-state index contributed by atoms with van der Waals surface area (Å²) in [6.07, 6.45) is 1.28. The number of nitrogens with one attached hydrogen (secondary N) is 2. The molecule has 5 heteroatoms. The predicted molar refractivity (Wildman–Crippen MR) is 104 cm³/mol. The van der Waals surface area contributed by atoms with Crippen LogP contribution in [0.1, 0.15) is 30.0 Å². The summed E-state index contributed by atoms with van der Waals surface area (Å²) in [5.41, 5.74) is 3.89. The summed E-state index contributed by atoms with van der Waals surface area (Å²) in [6, 6.07) is 13.6. The van der Waals surface area contributed by atoms with Gasteiger partial charge in [0.1, 0.15) is 12.2 Å². The van der Waals surface area contributed by atoms with E-state index in [-0.39, 0.29) is 18.2 Å². The monoisotopic (exact) mass is 354 g/mol. The lowest BCUT2D eigenvalue weighted by molar-refractivity contribution is -0.126. The average molecular weight is 354 g/mol. The Balaban J connectivity index is 1.83. The van der Waals surface area contributed by atoms with Crippen molar-refractivity contribution < 1.29 is 14.3 Å². The minimum atomic E-state index is -0.302. The maximum Gasteiger partial charge on any atom is 0.233 e. The third kappa shape index (κ3) is 5.34. The van der Waals surface area contributed by atoms with Crippen molar-refractivity contribution in [1.82, 2.24) is 5.32 Å². The number of rotatable bonds is 8. The highest BCUT2D eigenvalue weighted by Crippen LogP contribution is 2.21. The molecule has 0 aliphatic heterocycles. The molecule has 0 radical (unpaired) electrons. The van der Waals surface area contributed by atoms with Gasteiger partial charge in [0, 0.05) is 12.2 Å². The van der Waals surface area contributed by atoms with Crippen molar-refractivity contribution in [3.05, 3.63) is 59.2 Å². The highest BCUT2D eigenvalue weighted by atomic mass is 16.5. The van der Waals surface area contributed by atoms with Crippen molar-refractivity contribution in [3.8, 4) is 5.75 Å². The van der Waals surface area contributed by atoms with Crippen molar-refractivity contribution in [2.45, 2.75) is 33.1 Å². The zero-order chi connectivity index (χ0) is 18.9. The van der Waals surface area contributed by atoms with E-state index in [0.717, 1.165) is 34.5 Å². The maximum absolute atomic E-state index is 12.2. The van der Waals surface area contributed by atoms with Gasteiger partial charge in [-0.05, 0) is 42.5 Å². The molecule has 0 spiro atoms. The maximum atomic E-state index is 12.2. The zero-order valence-corrected chi connectivity index (χ0v) is 15.6. The molecule has 0 unspecified atom stereocenters. The first-order valence-electron chi connectivity index (χ1n) is 8.82. The van der Waals surface area contributed by atoms with Gasteiger partial charge < -0.3 is 15.4 Å². The number of hydrogen-bond donors (Lipinski definition) is 2. The molecule has 2 aromatic carbocycles. The number of carbonyl (C=O) groups is 2. The Kier molecular flexibility index (Phi) is 7.21. The Bertz CT molecular complexity index is 772. The van der Waals surface area contributed by atoms with Gasteiger partial charge in [-0.2, -0.15) is 0 Å². The van der Waals surface area contributed by atoms with Crippen molar-refractivity contribution in [3.63, 3.8) is 0 Å². The van der Waals surface area contributed by atoms with Crippen LogP contribution in [-0.2, 0) is 22.4 Å². The first-order chi connectivity index (χ1) is 12.5. The molecule has 138 valence electrons. The zero-order valence-electron chi connectivity index (χ0n) is 15.6. The SMILES string of the molecule is CCc1cccc(C)c1NC(=O)CC(=O)NCCc1ccccc1OC. The van der Waals surface area contributed by atoms with E-state index in [1.165, 1.54) is 0 Å². The number of methoxy groups -OCH3 is 1. The number of ether oxygens (including phenoxy) is 1. The fourth-order valence-electron chi connectivity index (χ4n) is 2.84. The van der Waals surface area contributed by atoms with Crippen molar-refractivity contribution in [1.29, 1.82) is 0 Å². The molecule has 0 aromatic heterocycles. The van der Waals surface area contributed by atoms with Crippen LogP contribution < -0.4 is 15.4 Å². The van der Waals surface area contributed by atoms with Gasteiger partial charge >= 0.3 is 0 Å². The van der Waals surface area contributed by atoms with Crippen molar-refractivity contribution in [2.75, 3.05) is 19.0 Å². The van der Waals surface area contributed by atoms with Crippen LogP contribution in [0, 0.1) is 6.92 Å². The molecule has 0 aliphatic rings. The largest absolute Gasteiger partial charge is 0.496 e. The first-order valence-corrected chi connectivity index (χ1v) is 8.82. The molecular weight excluding hydrogens is 328 g/mol. The summed E-state index contributed by atoms with van der Waals surface area (Å²) in [4.78, 5) is 24.2. The number of aryl methyl sites for hydroxylation is 2. The molecular formula is C21H26N2O3. The lowest BCUT2D eigenvalue weighted by Gasteiger charge is -2.13. The molecule has 0 atom stereocenters. The average Bonchev–Trinajstić information content (AvgIpc) is 2.63. The van der Waals surface area contributed by atoms with Crippen LogP contribution in [0.3, 0.4) is 0 Å². The molecule has 2 aromatic rings. The Hall–Kier alpha value is -2.82. The van der Waals surface area contributed by atoms with Gasteiger partial charge in [0.2, 0.25) is 11.8 Å². The van der Waals surface area contributed by atoms with E-state index in [2.05, 4.69) is 10.6 Å². The standard InChI is InChI=1S/C21H26N2O3/c1-4-16-10-7-8-15(2)21(16)23-20(25)14-19(24)22-13-12-17-9-5-6-11-18(17)26-3/h5-11H,4,12-14H2,1-3H3,(H,22,24)(H,23,25). The van der Waals surface area contributed by atoms with E-state index in [9.17, 15) is 9.59 Å². The highest BCUT2D eigenvalue weighted by Gasteiger charge is 2.12. The van der Waals surface area contributed by atoms with Gasteiger partial charge in [0.25, 0.3) is 0 Å². The summed E-state index contributed by atoms with van der Waals surface area (Å²) < 4.78 is 5.29. The third-order valence-corrected chi connectivity index (χ3v) is 4.23. The Morgan fingerprint density at radius 1 is 1.00 bits per heavy atom. The van der Waals surface area contributed by atoms with Crippen LogP contribution in [0.15, 0.2) is 42.5 Å². The molecule has 2 amide bonds. The summed E-state index contributed by atoms with van der Waals surface area (Å²) in [5, 5.41) is 5.65. The number of para-hydroxylation sites is 2. The molecule has 2 rings (SSSR count). The van der Waals surface area contributed by atoms with Gasteiger partial charge in [-0.1, -0.05) is 43.3 Å². The molecule has 0 saturated carbocycles. The quantitative estimate of drug-likeness (QED) is 0.715. The fourth-order valence-corrected chi connectivity index (χ4v) is 2.84. The van der Waals surface area contributed by atoms with E-state index < -0.39 is 0 Å². The minimum absolute atomic E-state index is 0.191. The van der Waals surface area contributed by atoms with E-state index in [4.69, 9.17) is 4.74 Å². The number of anilines is 1. The molecule has 0 aliphatic carbocycles. The Morgan fingerprint density at radius 3 is 2.46 bits per heavy atom. The van der Waals surface area contributed by atoms with Crippen LogP contribution in [0.5, 0.6) is 5.75 Å². The Morgan fingerprint density at radius 2 is 1.73 bits per heavy atom. The normalized spacial score (nSPS) is 10.3. The number of amides is 2. The van der Waals surface area contributed by atoms with Crippen LogP contribution >= 0.6 is 0 Å². The molecule has 0 heterocycles. The summed E-state index contributed by atoms with van der Waals surface area (Å²) in [7, 11) is 1.62. The summed E-state index contributed by atoms with van der Waals surface area (Å²) in [6.45, 7) is 4.44. The first kappa shape index (κ1) is 19.5. The van der Waals surface area contributed by atoms with Gasteiger partial charge in [-0.25, -0.2) is 0 Å². The molecule has 5 nitrogen and oxygen atoms in total. The fraction of sp³-hybridized carbons (Fsp3) is 0.333. The topological polar surface area (TPSA) is 67.4 Å². The lowest BCUT2D eigenvalue weighted by atomic mass is 10.1. The number of carbonyl (C=O) groups excluding carboxylic acids is 2. The second kappa shape index (κ2) is 9.61. The second-order valence-corrected chi connectivity index (χ2v) is 6.10. The van der Waals surface area contributed by atoms with E-state index in [0.29, 0.717) is 13.0 Å². The molecule has 0 bridgehead atoms. The van der Waals surface area contributed by atoms with Crippen LogP contribution in [-0.4, -0.2) is 25.5 Å². The van der Waals surface area contributed by atoms with Crippen molar-refractivity contribution >= 4 is 17.5 Å². The molecule has 2 N–H and O–H groups in total. The molecule has 26 heavy (non-hydrogen) atoms. The number of benzene rings is 2. The molecule has 0 fully saturated rings. The summed E-state index contributed by atoms with van der Waals surface area (Å²) in [5.74, 6) is 0.207. The predicted octanol–water partition coefficient (Wildman–Crippen LogP) is 3.25. The summed E-state index contributed by atoms with van der Waals surface area (Å²) >= 11 is 0. The van der Waals surface area contributed by atoms with Crippen molar-refractivity contribution in [2.24, 2.45) is 0 Å². The van der Waals surface area contributed by atoms with E-state index in [1.807, 2.05) is 56.3 Å². The lowest BCUT2D eigenvalue weighted by Crippen LogP contribution is -2.30. The van der Waals surface area contributed by atoms with Gasteiger partial charge in [-0.3, -0.25) is 9.59 Å². The van der Waals surface area contributed by atoms with E-state index >= 15 is 0 Å². The minimum Gasteiger partial charge on any atom is -0.496 e. The second-order valence-electron chi connectivity index (χ2n) is 6.10. The molecule has 0 saturated heterocycles. The van der Waals surface area contributed by atoms with Crippen LogP contribution in [0.25, 0.3) is 0 Å².